The quantitative estimate of drug-likeness (QED) is 0.0430. The fourth-order valence-corrected chi connectivity index (χ4v) is 3.15. The van der Waals surface area contributed by atoms with Crippen LogP contribution in [0.1, 0.15) is 25.0 Å². The Kier molecular flexibility index (Phi) is 12.7. The number of guanidine groups is 1. The standard InChI is InChI=1S/C19H31N9O7S/c20-10(4-9-6-23-8-25-9)15(31)27-12(5-14(29)30)16(32)28-13(7-36)17(33)26-11(18(34)35)2-1-3-24-19(21)22/h6,8,10-13,36H,1-5,7,20H2,(H,23,25)(H,26,33)(H,27,31)(H,28,32)(H,29,30)(H,34,35)(H4,21,22,24). The number of nitrogens with one attached hydrogen (secondary N) is 4. The van der Waals surface area contributed by atoms with Gasteiger partial charge in [0.15, 0.2) is 5.96 Å². The molecule has 3 amide bonds. The lowest BCUT2D eigenvalue weighted by Gasteiger charge is -2.23. The molecule has 12 N–H and O–H groups in total. The van der Waals surface area contributed by atoms with Gasteiger partial charge in [0.05, 0.1) is 18.8 Å². The van der Waals surface area contributed by atoms with Crippen LogP contribution in [0.2, 0.25) is 0 Å². The predicted molar refractivity (Wildman–Crippen MR) is 130 cm³/mol. The molecule has 0 radical (unpaired) electrons. The molecule has 16 nitrogen and oxygen atoms in total. The number of aliphatic carboxylic acids is 2. The average molecular weight is 530 g/mol. The molecule has 0 saturated heterocycles. The fraction of sp³-hybridized carbons (Fsp3) is 0.526. The van der Waals surface area contributed by atoms with Crippen LogP contribution in [0, 0.1) is 0 Å². The summed E-state index contributed by atoms with van der Waals surface area (Å²) in [6, 6.07) is -5.31. The first-order chi connectivity index (χ1) is 16.9. The summed E-state index contributed by atoms with van der Waals surface area (Å²) in [5.74, 6) is -5.78. The van der Waals surface area contributed by atoms with Gasteiger partial charge < -0.3 is 48.3 Å². The first-order valence-corrected chi connectivity index (χ1v) is 11.3. The molecule has 1 heterocycles. The van der Waals surface area contributed by atoms with Gasteiger partial charge in [-0.25, -0.2) is 9.78 Å². The second-order valence-corrected chi connectivity index (χ2v) is 8.00. The minimum atomic E-state index is -1.56. The maximum Gasteiger partial charge on any atom is 0.326 e. The number of hydrogen-bond donors (Lipinski definition) is 10. The van der Waals surface area contributed by atoms with Crippen molar-refractivity contribution in [2.24, 2.45) is 22.2 Å². The van der Waals surface area contributed by atoms with Crippen LogP contribution in [-0.4, -0.2) is 92.3 Å². The largest absolute Gasteiger partial charge is 0.481 e. The Bertz CT molecular complexity index is 938. The molecule has 4 atom stereocenters. The third kappa shape index (κ3) is 11.0. The SMILES string of the molecule is NC(N)=NCCCC(NC(=O)C(CS)NC(=O)C(CC(=O)O)NC(=O)C(N)Cc1cnc[nH]1)C(=O)O. The predicted octanol–water partition coefficient (Wildman–Crippen LogP) is -3.72. The first kappa shape index (κ1) is 30.2. The van der Waals surface area contributed by atoms with Crippen molar-refractivity contribution >= 4 is 48.2 Å². The Morgan fingerprint density at radius 2 is 1.64 bits per heavy atom. The zero-order chi connectivity index (χ0) is 27.3. The van der Waals surface area contributed by atoms with E-state index < -0.39 is 60.2 Å². The zero-order valence-electron chi connectivity index (χ0n) is 19.2. The number of carboxylic acid groups (broad SMARTS) is 2. The average Bonchev–Trinajstić information content (AvgIpc) is 3.30. The van der Waals surface area contributed by atoms with Gasteiger partial charge in [0.2, 0.25) is 17.7 Å². The number of aromatic nitrogens is 2. The van der Waals surface area contributed by atoms with Gasteiger partial charge in [-0.3, -0.25) is 24.2 Å². The van der Waals surface area contributed by atoms with Crippen molar-refractivity contribution in [1.29, 1.82) is 0 Å². The van der Waals surface area contributed by atoms with Crippen LogP contribution < -0.4 is 33.2 Å². The highest BCUT2D eigenvalue weighted by atomic mass is 32.1. The minimum Gasteiger partial charge on any atom is -0.481 e. The lowest BCUT2D eigenvalue weighted by molar-refractivity contribution is -0.143. The maximum atomic E-state index is 12.7. The maximum absolute atomic E-state index is 12.7. The number of amides is 3. The van der Waals surface area contributed by atoms with Crippen LogP contribution in [0.25, 0.3) is 0 Å². The number of aliphatic imine (C=N–C) groups is 1. The minimum absolute atomic E-state index is 0.00297. The van der Waals surface area contributed by atoms with Crippen molar-refractivity contribution in [2.45, 2.75) is 49.9 Å². The zero-order valence-corrected chi connectivity index (χ0v) is 20.1. The number of H-pyrrole nitrogens is 1. The molecule has 36 heavy (non-hydrogen) atoms. The number of carbonyl (C=O) groups excluding carboxylic acids is 3. The number of hydrogen-bond acceptors (Lipinski definition) is 9. The Hall–Kier alpha value is -3.86. The third-order valence-electron chi connectivity index (χ3n) is 4.72. The molecule has 0 aliphatic carbocycles. The number of carbonyl (C=O) groups is 5. The summed E-state index contributed by atoms with van der Waals surface area (Å²) in [6.07, 6.45) is 2.35. The van der Waals surface area contributed by atoms with E-state index in [9.17, 15) is 29.1 Å². The summed E-state index contributed by atoms with van der Waals surface area (Å²) >= 11 is 4.00. The van der Waals surface area contributed by atoms with Gasteiger partial charge in [-0.05, 0) is 12.8 Å². The molecule has 0 aliphatic heterocycles. The van der Waals surface area contributed by atoms with Crippen molar-refractivity contribution < 1.29 is 34.2 Å². The number of imidazole rings is 1. The molecule has 0 aromatic carbocycles. The second-order valence-electron chi connectivity index (χ2n) is 7.64. The highest BCUT2D eigenvalue weighted by molar-refractivity contribution is 7.80. The molecular weight excluding hydrogens is 498 g/mol. The smallest absolute Gasteiger partial charge is 0.326 e. The number of nitrogens with zero attached hydrogens (tertiary/aromatic N) is 2. The van der Waals surface area contributed by atoms with Crippen LogP contribution >= 0.6 is 12.6 Å². The van der Waals surface area contributed by atoms with Gasteiger partial charge in [0.1, 0.15) is 18.1 Å². The van der Waals surface area contributed by atoms with E-state index in [1.165, 1.54) is 12.5 Å². The van der Waals surface area contributed by atoms with E-state index in [4.69, 9.17) is 22.3 Å². The molecule has 0 aliphatic rings. The lowest BCUT2D eigenvalue weighted by Crippen LogP contribution is -2.58. The van der Waals surface area contributed by atoms with Crippen molar-refractivity contribution in [1.82, 2.24) is 25.9 Å². The van der Waals surface area contributed by atoms with E-state index >= 15 is 0 Å². The van der Waals surface area contributed by atoms with Crippen molar-refractivity contribution in [3.05, 3.63) is 18.2 Å². The second kappa shape index (κ2) is 15.2. The van der Waals surface area contributed by atoms with Gasteiger partial charge in [0, 0.05) is 30.6 Å². The van der Waals surface area contributed by atoms with E-state index in [1.54, 1.807) is 0 Å². The Morgan fingerprint density at radius 1 is 1.03 bits per heavy atom. The number of thiol groups is 1. The number of nitrogens with two attached hydrogens (primary N) is 3. The van der Waals surface area contributed by atoms with Crippen LogP contribution in [0.3, 0.4) is 0 Å². The van der Waals surface area contributed by atoms with E-state index in [-0.39, 0.29) is 37.5 Å². The van der Waals surface area contributed by atoms with E-state index in [0.29, 0.717) is 5.69 Å². The van der Waals surface area contributed by atoms with Crippen LogP contribution in [0.15, 0.2) is 17.5 Å². The molecule has 1 rings (SSSR count). The van der Waals surface area contributed by atoms with Gasteiger partial charge >= 0.3 is 11.9 Å². The van der Waals surface area contributed by atoms with Crippen molar-refractivity contribution in [3.63, 3.8) is 0 Å². The molecule has 1 aromatic heterocycles. The molecule has 0 spiro atoms. The number of carboxylic acids is 2. The molecule has 1 aromatic rings. The van der Waals surface area contributed by atoms with E-state index in [0.717, 1.165) is 0 Å². The summed E-state index contributed by atoms with van der Waals surface area (Å²) in [7, 11) is 0. The lowest BCUT2D eigenvalue weighted by atomic mass is 10.1. The highest BCUT2D eigenvalue weighted by Gasteiger charge is 2.31. The molecule has 0 saturated carbocycles. The Labute approximate surface area is 211 Å². The van der Waals surface area contributed by atoms with Crippen LogP contribution in [0.5, 0.6) is 0 Å². The summed E-state index contributed by atoms with van der Waals surface area (Å²) in [5.41, 5.74) is 16.8. The summed E-state index contributed by atoms with van der Waals surface area (Å²) in [5, 5.41) is 25.3. The normalized spacial score (nSPS) is 13.9. The molecular formula is C19H31N9O7S. The van der Waals surface area contributed by atoms with Gasteiger partial charge in [-0.2, -0.15) is 12.6 Å². The van der Waals surface area contributed by atoms with Gasteiger partial charge in [-0.1, -0.05) is 0 Å². The van der Waals surface area contributed by atoms with Crippen molar-refractivity contribution in [2.75, 3.05) is 12.3 Å². The summed E-state index contributed by atoms with van der Waals surface area (Å²) in [6.45, 7) is 0.147. The topological polar surface area (TPSA) is 281 Å². The molecule has 0 fully saturated rings. The number of aromatic amines is 1. The van der Waals surface area contributed by atoms with Gasteiger partial charge in [-0.15, -0.1) is 0 Å². The number of rotatable bonds is 16. The van der Waals surface area contributed by atoms with Crippen molar-refractivity contribution in [3.8, 4) is 0 Å². The van der Waals surface area contributed by atoms with E-state index in [2.05, 4.69) is 43.5 Å². The van der Waals surface area contributed by atoms with Gasteiger partial charge in [0.25, 0.3) is 0 Å². The molecule has 0 bridgehead atoms. The first-order valence-electron chi connectivity index (χ1n) is 10.7. The Morgan fingerprint density at radius 3 is 2.17 bits per heavy atom. The summed E-state index contributed by atoms with van der Waals surface area (Å²) < 4.78 is 0. The highest BCUT2D eigenvalue weighted by Crippen LogP contribution is 2.03. The molecule has 17 heteroatoms. The molecule has 4 unspecified atom stereocenters. The third-order valence-corrected chi connectivity index (χ3v) is 5.08. The van der Waals surface area contributed by atoms with Crippen LogP contribution in [0.4, 0.5) is 0 Å². The van der Waals surface area contributed by atoms with Crippen LogP contribution in [-0.2, 0) is 30.4 Å². The Balaban J connectivity index is 2.79. The molecule has 200 valence electrons. The monoisotopic (exact) mass is 529 g/mol. The van der Waals surface area contributed by atoms with E-state index in [1.807, 2.05) is 0 Å². The fourth-order valence-electron chi connectivity index (χ4n) is 2.89. The summed E-state index contributed by atoms with van der Waals surface area (Å²) in [4.78, 5) is 70.7.